The van der Waals surface area contributed by atoms with Crippen molar-refractivity contribution in [3.63, 3.8) is 0 Å². The predicted octanol–water partition coefficient (Wildman–Crippen LogP) is 3.38. The van der Waals surface area contributed by atoms with E-state index in [-0.39, 0.29) is 5.78 Å². The molecule has 0 aliphatic carbocycles. The van der Waals surface area contributed by atoms with E-state index >= 15 is 0 Å². The SMILES string of the molecule is CC/C(=C/[N+]([O-])=NC(C)C(C)=O)c1ccccc1. The van der Waals surface area contributed by atoms with Crippen molar-refractivity contribution < 1.29 is 9.66 Å². The van der Waals surface area contributed by atoms with E-state index in [4.69, 9.17) is 0 Å². The predicted molar refractivity (Wildman–Crippen MR) is 70.9 cm³/mol. The average molecular weight is 246 g/mol. The third kappa shape index (κ3) is 4.13. The molecule has 18 heavy (non-hydrogen) atoms. The number of rotatable bonds is 5. The molecule has 0 saturated carbocycles. The van der Waals surface area contributed by atoms with Crippen molar-refractivity contribution in [1.29, 1.82) is 0 Å². The lowest BCUT2D eigenvalue weighted by molar-refractivity contribution is -0.460. The average Bonchev–Trinajstić information content (AvgIpc) is 2.36. The molecule has 0 bridgehead atoms. The summed E-state index contributed by atoms with van der Waals surface area (Å²) in [6.07, 6.45) is 2.15. The third-order valence-electron chi connectivity index (χ3n) is 2.67. The second-order valence-electron chi connectivity index (χ2n) is 4.08. The highest BCUT2D eigenvalue weighted by Crippen LogP contribution is 2.17. The van der Waals surface area contributed by atoms with E-state index in [0.717, 1.165) is 17.6 Å². The van der Waals surface area contributed by atoms with E-state index in [1.807, 2.05) is 37.3 Å². The summed E-state index contributed by atoms with van der Waals surface area (Å²) < 4.78 is 0. The Bertz CT molecular complexity index is 464. The van der Waals surface area contributed by atoms with E-state index in [1.165, 1.54) is 13.1 Å². The van der Waals surface area contributed by atoms with E-state index < -0.39 is 6.04 Å². The molecular formula is C14H18N2O2. The Hall–Kier alpha value is -1.97. The van der Waals surface area contributed by atoms with Crippen LogP contribution in [0.3, 0.4) is 0 Å². The van der Waals surface area contributed by atoms with E-state index in [2.05, 4.69) is 5.11 Å². The largest absolute Gasteiger partial charge is 0.595 e. The minimum absolute atomic E-state index is 0.123. The van der Waals surface area contributed by atoms with Crippen LogP contribution in [-0.4, -0.2) is 16.7 Å². The van der Waals surface area contributed by atoms with Crippen molar-refractivity contribution in [3.05, 3.63) is 47.3 Å². The van der Waals surface area contributed by atoms with Gasteiger partial charge in [0.25, 0.3) is 0 Å². The molecule has 1 unspecified atom stereocenters. The molecule has 1 aromatic rings. The van der Waals surface area contributed by atoms with Gasteiger partial charge in [-0.15, -0.1) is 0 Å². The molecule has 1 rings (SSSR count). The molecule has 4 heteroatoms. The summed E-state index contributed by atoms with van der Waals surface area (Å²) in [4.78, 5) is 11.5. The van der Waals surface area contributed by atoms with Crippen molar-refractivity contribution in [2.24, 2.45) is 5.11 Å². The zero-order chi connectivity index (χ0) is 13.5. The van der Waals surface area contributed by atoms with Gasteiger partial charge in [-0.05, 0) is 30.9 Å². The summed E-state index contributed by atoms with van der Waals surface area (Å²) in [6.45, 7) is 5.00. The van der Waals surface area contributed by atoms with Gasteiger partial charge < -0.3 is 5.21 Å². The van der Waals surface area contributed by atoms with Crippen LogP contribution in [0.1, 0.15) is 32.8 Å². The Morgan fingerprint density at radius 2 is 2.06 bits per heavy atom. The molecule has 0 fully saturated rings. The number of hydrogen-bond donors (Lipinski definition) is 0. The maximum Gasteiger partial charge on any atom is 0.213 e. The fourth-order valence-electron chi connectivity index (χ4n) is 1.44. The van der Waals surface area contributed by atoms with Crippen LogP contribution >= 0.6 is 0 Å². The van der Waals surface area contributed by atoms with Gasteiger partial charge in [-0.1, -0.05) is 42.1 Å². The van der Waals surface area contributed by atoms with Crippen molar-refractivity contribution in [1.82, 2.24) is 0 Å². The number of hydroxylamine groups is 1. The molecule has 0 saturated heterocycles. The number of carbonyl (C=O) groups excluding carboxylic acids is 1. The summed E-state index contributed by atoms with van der Waals surface area (Å²) in [5.74, 6) is -0.123. The molecule has 0 radical (unpaired) electrons. The zero-order valence-corrected chi connectivity index (χ0v) is 11.0. The van der Waals surface area contributed by atoms with Crippen LogP contribution in [0.15, 0.2) is 41.6 Å². The Kier molecular flexibility index (Phi) is 5.24. The monoisotopic (exact) mass is 246 g/mol. The summed E-state index contributed by atoms with van der Waals surface area (Å²) >= 11 is 0. The zero-order valence-electron chi connectivity index (χ0n) is 11.0. The highest BCUT2D eigenvalue weighted by molar-refractivity contribution is 5.80. The van der Waals surface area contributed by atoms with Gasteiger partial charge in [-0.25, -0.2) is 0 Å². The standard InChI is InChI=1S/C14H18N2O2/c1-4-13(14-8-6-5-7-9-14)10-16(18)15-11(2)12(3)17/h5-11H,4H2,1-3H3/b13-10-,16-15?. The second-order valence-corrected chi connectivity index (χ2v) is 4.08. The number of benzene rings is 1. The molecule has 0 aliphatic rings. The van der Waals surface area contributed by atoms with Crippen LogP contribution in [0.4, 0.5) is 0 Å². The quantitative estimate of drug-likeness (QED) is 0.454. The van der Waals surface area contributed by atoms with Crippen LogP contribution in [0.5, 0.6) is 0 Å². The first-order valence-electron chi connectivity index (χ1n) is 5.98. The Balaban J connectivity index is 2.95. The maximum atomic E-state index is 11.6. The molecule has 0 N–H and O–H groups in total. The maximum absolute atomic E-state index is 11.6. The second kappa shape index (κ2) is 6.69. The molecule has 0 heterocycles. The highest BCUT2D eigenvalue weighted by Gasteiger charge is 2.10. The van der Waals surface area contributed by atoms with Gasteiger partial charge >= 0.3 is 0 Å². The van der Waals surface area contributed by atoms with Gasteiger partial charge in [0.2, 0.25) is 6.20 Å². The lowest BCUT2D eigenvalue weighted by Crippen LogP contribution is -2.12. The number of Topliss-reactive ketones (excluding diaryl/α,β-unsaturated/α-hetero) is 1. The van der Waals surface area contributed by atoms with Gasteiger partial charge in [0.15, 0.2) is 11.8 Å². The Morgan fingerprint density at radius 3 is 2.56 bits per heavy atom. The Morgan fingerprint density at radius 1 is 1.44 bits per heavy atom. The van der Waals surface area contributed by atoms with Crippen molar-refractivity contribution in [2.45, 2.75) is 33.2 Å². The van der Waals surface area contributed by atoms with Gasteiger partial charge in [-0.3, -0.25) is 4.79 Å². The van der Waals surface area contributed by atoms with E-state index in [0.29, 0.717) is 4.86 Å². The highest BCUT2D eigenvalue weighted by atomic mass is 16.5. The smallest absolute Gasteiger partial charge is 0.213 e. The lowest BCUT2D eigenvalue weighted by atomic mass is 10.1. The molecule has 0 amide bonds. The summed E-state index contributed by atoms with van der Waals surface area (Å²) in [7, 11) is 0. The van der Waals surface area contributed by atoms with Crippen LogP contribution in [0.2, 0.25) is 0 Å². The molecular weight excluding hydrogens is 228 g/mol. The van der Waals surface area contributed by atoms with E-state index in [9.17, 15) is 10.0 Å². The molecule has 0 aromatic heterocycles. The number of allylic oxidation sites excluding steroid dienone is 1. The minimum Gasteiger partial charge on any atom is -0.595 e. The molecule has 4 nitrogen and oxygen atoms in total. The number of azo groups is 1. The lowest BCUT2D eigenvalue weighted by Gasteiger charge is -2.04. The van der Waals surface area contributed by atoms with Crippen LogP contribution in [-0.2, 0) is 4.79 Å². The summed E-state index contributed by atoms with van der Waals surface area (Å²) in [6, 6.07) is 9.04. The molecule has 1 atom stereocenters. The van der Waals surface area contributed by atoms with E-state index in [1.54, 1.807) is 6.92 Å². The molecule has 0 aliphatic heterocycles. The number of ketones is 1. The first-order valence-corrected chi connectivity index (χ1v) is 5.98. The molecule has 0 spiro atoms. The van der Waals surface area contributed by atoms with Crippen molar-refractivity contribution >= 4 is 11.4 Å². The topological polar surface area (TPSA) is 55.5 Å². The minimum atomic E-state index is -0.604. The number of carbonyl (C=O) groups is 1. The third-order valence-corrected chi connectivity index (χ3v) is 2.67. The first-order chi connectivity index (χ1) is 8.54. The van der Waals surface area contributed by atoms with Crippen LogP contribution in [0, 0.1) is 5.21 Å². The van der Waals surface area contributed by atoms with Crippen molar-refractivity contribution in [2.75, 3.05) is 0 Å². The van der Waals surface area contributed by atoms with Crippen LogP contribution < -0.4 is 0 Å². The molecule has 96 valence electrons. The summed E-state index contributed by atoms with van der Waals surface area (Å²) in [5, 5.41) is 15.4. The van der Waals surface area contributed by atoms with Crippen molar-refractivity contribution in [3.8, 4) is 0 Å². The normalized spacial score (nSPS) is 14.4. The fraction of sp³-hybridized carbons (Fsp3) is 0.357. The number of nitrogens with zero attached hydrogens (tertiary/aromatic N) is 2. The van der Waals surface area contributed by atoms with Gasteiger partial charge in [-0.2, -0.15) is 0 Å². The van der Waals surface area contributed by atoms with Gasteiger partial charge in [0.1, 0.15) is 0 Å². The van der Waals surface area contributed by atoms with Gasteiger partial charge in [0, 0.05) is 5.57 Å². The summed E-state index contributed by atoms with van der Waals surface area (Å²) in [5.41, 5.74) is 1.89. The fourth-order valence-corrected chi connectivity index (χ4v) is 1.44. The van der Waals surface area contributed by atoms with Gasteiger partial charge in [0.05, 0.1) is 0 Å². The number of hydrogen-bond acceptors (Lipinski definition) is 3. The molecule has 1 aromatic carbocycles. The first kappa shape index (κ1) is 14.1. The van der Waals surface area contributed by atoms with Crippen LogP contribution in [0.25, 0.3) is 5.57 Å². The Labute approximate surface area is 107 Å².